The Balaban J connectivity index is 2.16. The lowest BCUT2D eigenvalue weighted by molar-refractivity contribution is 0.178. The van der Waals surface area contributed by atoms with E-state index in [-0.39, 0.29) is 5.71 Å². The molecule has 0 amide bonds. The van der Waals surface area contributed by atoms with Gasteiger partial charge in [0.15, 0.2) is 0 Å². The van der Waals surface area contributed by atoms with Crippen LogP contribution in [0.25, 0.3) is 0 Å². The summed E-state index contributed by atoms with van der Waals surface area (Å²) in [4.78, 5) is 12.7. The average Bonchev–Trinajstić information content (AvgIpc) is 2.48. The van der Waals surface area contributed by atoms with Gasteiger partial charge in [-0.1, -0.05) is 12.8 Å². The molecule has 3 heteroatoms. The minimum absolute atomic E-state index is 0.203. The summed E-state index contributed by atoms with van der Waals surface area (Å²) < 4.78 is 5.52. The van der Waals surface area contributed by atoms with Crippen molar-refractivity contribution in [1.82, 2.24) is 0 Å². The van der Waals surface area contributed by atoms with Gasteiger partial charge in [-0.05, 0) is 58.3 Å². The number of rotatable bonds is 4. The Kier molecular flexibility index (Phi) is 5.69. The van der Waals surface area contributed by atoms with Gasteiger partial charge in [0.2, 0.25) is 0 Å². The van der Waals surface area contributed by atoms with Crippen molar-refractivity contribution in [2.24, 2.45) is 0 Å². The highest BCUT2D eigenvalue weighted by molar-refractivity contribution is 7.91. The Labute approximate surface area is 119 Å². The van der Waals surface area contributed by atoms with Crippen molar-refractivity contribution in [3.63, 3.8) is 0 Å². The molecule has 0 unspecified atom stereocenters. The first kappa shape index (κ1) is 15.3. The zero-order valence-electron chi connectivity index (χ0n) is 12.7. The predicted molar refractivity (Wildman–Crippen MR) is 83.6 cm³/mol. The smallest absolute Gasteiger partial charge is 0.437 e. The molecule has 0 saturated heterocycles. The van der Waals surface area contributed by atoms with Crippen molar-refractivity contribution in [3.8, 4) is 0 Å². The molecule has 2 fully saturated rings. The van der Waals surface area contributed by atoms with Crippen LogP contribution in [-0.4, -0.2) is 30.3 Å². The average molecular weight is 285 g/mol. The van der Waals surface area contributed by atoms with Crippen molar-refractivity contribution in [3.05, 3.63) is 0 Å². The Morgan fingerprint density at radius 3 is 1.74 bits per heavy atom. The van der Waals surface area contributed by atoms with Gasteiger partial charge in [-0.15, -0.1) is 0 Å². The van der Waals surface area contributed by atoms with E-state index in [9.17, 15) is 4.79 Å². The maximum absolute atomic E-state index is 12.7. The molecule has 0 aromatic rings. The first-order valence-electron chi connectivity index (χ1n) is 8.22. The maximum Gasteiger partial charge on any atom is 0.450 e. The van der Waals surface area contributed by atoms with Gasteiger partial charge in [0.1, 0.15) is 7.26 Å². The summed E-state index contributed by atoms with van der Waals surface area (Å²) in [7, 11) is -1.59. The standard InChI is InChI=1S/C16H30O2P/c1-3-18-16(17)19(2,14-10-6-4-7-11-14)15-12-8-5-9-13-15/h14-15H,3-13H2,1-2H3/q+1. The lowest BCUT2D eigenvalue weighted by atomic mass is 9.99. The first-order chi connectivity index (χ1) is 9.19. The Hall–Kier alpha value is -0.100. The fourth-order valence-corrected chi connectivity index (χ4v) is 8.57. The topological polar surface area (TPSA) is 26.3 Å². The minimum Gasteiger partial charge on any atom is -0.437 e. The number of hydrogen-bond donors (Lipinski definition) is 0. The fourth-order valence-electron chi connectivity index (χ4n) is 4.09. The van der Waals surface area contributed by atoms with E-state index in [1.54, 1.807) is 0 Å². The number of carbonyl (C=O) groups is 1. The van der Waals surface area contributed by atoms with Crippen molar-refractivity contribution >= 4 is 13.0 Å². The molecule has 2 aliphatic rings. The molecule has 0 bridgehead atoms. The van der Waals surface area contributed by atoms with Crippen LogP contribution in [0.5, 0.6) is 0 Å². The van der Waals surface area contributed by atoms with E-state index in [1.807, 2.05) is 6.92 Å². The van der Waals surface area contributed by atoms with Crippen molar-refractivity contribution in [2.75, 3.05) is 13.3 Å². The van der Waals surface area contributed by atoms with Crippen molar-refractivity contribution < 1.29 is 9.53 Å². The third kappa shape index (κ3) is 3.32. The highest BCUT2D eigenvalue weighted by Gasteiger charge is 2.56. The Morgan fingerprint density at radius 2 is 1.37 bits per heavy atom. The Morgan fingerprint density at radius 1 is 0.947 bits per heavy atom. The molecule has 0 N–H and O–H groups in total. The second-order valence-corrected chi connectivity index (χ2v) is 10.6. The van der Waals surface area contributed by atoms with Crippen LogP contribution in [0.4, 0.5) is 4.79 Å². The molecule has 0 radical (unpaired) electrons. The van der Waals surface area contributed by atoms with E-state index in [1.165, 1.54) is 64.2 Å². The van der Waals surface area contributed by atoms with E-state index in [0.717, 1.165) is 0 Å². The molecule has 0 spiro atoms. The van der Waals surface area contributed by atoms with Crippen molar-refractivity contribution in [1.29, 1.82) is 0 Å². The predicted octanol–water partition coefficient (Wildman–Crippen LogP) is 5.46. The zero-order chi connectivity index (χ0) is 13.7. The third-order valence-electron chi connectivity index (χ3n) is 5.33. The molecular weight excluding hydrogens is 255 g/mol. The summed E-state index contributed by atoms with van der Waals surface area (Å²) in [6.07, 6.45) is 13.1. The molecule has 2 rings (SSSR count). The van der Waals surface area contributed by atoms with E-state index in [0.29, 0.717) is 17.9 Å². The lowest BCUT2D eigenvalue weighted by Gasteiger charge is -2.38. The van der Waals surface area contributed by atoms with Crippen LogP contribution < -0.4 is 0 Å². The fraction of sp³-hybridized carbons (Fsp3) is 0.938. The number of carbonyl (C=O) groups excluding carboxylic acids is 1. The van der Waals surface area contributed by atoms with Gasteiger partial charge in [-0.25, -0.2) is 4.79 Å². The molecule has 110 valence electrons. The molecule has 0 heterocycles. The van der Waals surface area contributed by atoms with Crippen LogP contribution in [0.15, 0.2) is 0 Å². The van der Waals surface area contributed by atoms with Crippen LogP contribution in [0, 0.1) is 0 Å². The van der Waals surface area contributed by atoms with Gasteiger partial charge in [0.25, 0.3) is 0 Å². The lowest BCUT2D eigenvalue weighted by Crippen LogP contribution is -2.32. The third-order valence-corrected chi connectivity index (χ3v) is 10.3. The summed E-state index contributed by atoms with van der Waals surface area (Å²) in [6, 6.07) is 0. The molecule has 0 aliphatic heterocycles. The molecular formula is C16H30O2P+. The van der Waals surface area contributed by atoms with Gasteiger partial charge < -0.3 is 4.74 Å². The second kappa shape index (κ2) is 7.07. The monoisotopic (exact) mass is 285 g/mol. The summed E-state index contributed by atoms with van der Waals surface area (Å²) in [5.41, 5.74) is 1.54. The maximum atomic E-state index is 12.7. The Bertz CT molecular complexity index is 273. The van der Waals surface area contributed by atoms with Crippen LogP contribution in [0.2, 0.25) is 0 Å². The summed E-state index contributed by atoms with van der Waals surface area (Å²) in [6.45, 7) is 4.83. The van der Waals surface area contributed by atoms with Crippen LogP contribution in [-0.2, 0) is 4.74 Å². The SMILES string of the molecule is CCOC(=O)[P+](C)(C1CCCCC1)C1CCCCC1. The summed E-state index contributed by atoms with van der Waals surface area (Å²) >= 11 is 0. The molecule has 0 atom stereocenters. The largest absolute Gasteiger partial charge is 0.450 e. The molecule has 0 aromatic heterocycles. The quantitative estimate of drug-likeness (QED) is 0.641. The molecule has 2 aliphatic carbocycles. The second-order valence-electron chi connectivity index (χ2n) is 6.43. The van der Waals surface area contributed by atoms with E-state index in [4.69, 9.17) is 4.74 Å². The van der Waals surface area contributed by atoms with Crippen molar-refractivity contribution in [2.45, 2.75) is 82.4 Å². The zero-order valence-corrected chi connectivity index (χ0v) is 13.6. The van der Waals surface area contributed by atoms with Gasteiger partial charge in [-0.3, -0.25) is 0 Å². The minimum atomic E-state index is -1.59. The highest BCUT2D eigenvalue weighted by atomic mass is 31.2. The molecule has 19 heavy (non-hydrogen) atoms. The van der Waals surface area contributed by atoms with Crippen LogP contribution >= 0.6 is 7.26 Å². The number of hydrogen-bond acceptors (Lipinski definition) is 2. The highest BCUT2D eigenvalue weighted by Crippen LogP contribution is 2.70. The number of ether oxygens (including phenoxy) is 1. The first-order valence-corrected chi connectivity index (χ1v) is 10.6. The van der Waals surface area contributed by atoms with Crippen LogP contribution in [0.1, 0.15) is 71.1 Å². The normalized spacial score (nSPS) is 23.3. The van der Waals surface area contributed by atoms with Gasteiger partial charge in [0.05, 0.1) is 24.6 Å². The van der Waals surface area contributed by atoms with E-state index >= 15 is 0 Å². The molecule has 0 aromatic carbocycles. The summed E-state index contributed by atoms with van der Waals surface area (Å²) in [5.74, 6) is 0. The van der Waals surface area contributed by atoms with Crippen LogP contribution in [0.3, 0.4) is 0 Å². The summed E-state index contributed by atoms with van der Waals surface area (Å²) in [5, 5.41) is 0. The van der Waals surface area contributed by atoms with E-state index < -0.39 is 7.26 Å². The van der Waals surface area contributed by atoms with E-state index in [2.05, 4.69) is 6.66 Å². The molecule has 2 nitrogen and oxygen atoms in total. The van der Waals surface area contributed by atoms with Gasteiger partial charge in [0, 0.05) is 0 Å². The molecule has 2 saturated carbocycles. The van der Waals surface area contributed by atoms with Gasteiger partial charge in [-0.2, -0.15) is 0 Å². The van der Waals surface area contributed by atoms with Gasteiger partial charge >= 0.3 is 5.71 Å².